The molecule has 0 radical (unpaired) electrons. The predicted molar refractivity (Wildman–Crippen MR) is 101 cm³/mol. The van der Waals surface area contributed by atoms with E-state index in [9.17, 15) is 4.79 Å². The second kappa shape index (κ2) is 10.6. The van der Waals surface area contributed by atoms with Crippen molar-refractivity contribution < 1.29 is 4.79 Å². The van der Waals surface area contributed by atoms with Gasteiger partial charge in [0.25, 0.3) is 0 Å². The molecule has 0 spiro atoms. The van der Waals surface area contributed by atoms with Crippen molar-refractivity contribution in [2.75, 3.05) is 32.5 Å². The minimum atomic E-state index is -0.0209. The molecule has 0 aliphatic heterocycles. The number of carbonyl (C=O) groups excluding carboxylic acids is 1. The largest absolute Gasteiger partial charge is 0.357 e. The summed E-state index contributed by atoms with van der Waals surface area (Å²) in [5.74, 6) is 0.793. The number of guanidine groups is 1. The summed E-state index contributed by atoms with van der Waals surface area (Å²) in [6.45, 7) is 8.07. The third-order valence-electron chi connectivity index (χ3n) is 3.43. The molecule has 1 aromatic carbocycles. The zero-order valence-electron chi connectivity index (χ0n) is 15.5. The molecule has 0 aromatic heterocycles. The van der Waals surface area contributed by atoms with E-state index in [-0.39, 0.29) is 5.91 Å². The summed E-state index contributed by atoms with van der Waals surface area (Å²) in [5.41, 5.74) is 1.86. The normalized spacial score (nSPS) is 12.8. The third kappa shape index (κ3) is 7.97. The summed E-state index contributed by atoms with van der Waals surface area (Å²) in [6.07, 6.45) is 1.04. The molecule has 0 aliphatic rings. The van der Waals surface area contributed by atoms with Crippen LogP contribution in [0.4, 0.5) is 5.69 Å². The molecule has 1 rings (SSSR count). The van der Waals surface area contributed by atoms with Gasteiger partial charge in [0.15, 0.2) is 5.96 Å². The summed E-state index contributed by atoms with van der Waals surface area (Å²) >= 11 is 0. The summed E-state index contributed by atoms with van der Waals surface area (Å²) in [6, 6.07) is 8.18. The Balaban J connectivity index is 2.71. The maximum absolute atomic E-state index is 11.8. The van der Waals surface area contributed by atoms with Gasteiger partial charge in [-0.3, -0.25) is 4.79 Å². The fraction of sp³-hybridized carbons (Fsp3) is 0.556. The van der Waals surface area contributed by atoms with Crippen LogP contribution in [0.25, 0.3) is 0 Å². The number of carbonyl (C=O) groups is 1. The Morgan fingerprint density at radius 2 is 2.04 bits per heavy atom. The minimum Gasteiger partial charge on any atom is -0.357 e. The first-order valence-corrected chi connectivity index (χ1v) is 8.53. The van der Waals surface area contributed by atoms with Crippen LogP contribution in [0.2, 0.25) is 0 Å². The molecule has 0 saturated carbocycles. The lowest BCUT2D eigenvalue weighted by atomic mass is 10.2. The highest BCUT2D eigenvalue weighted by Gasteiger charge is 2.05. The average molecular weight is 333 g/mol. The Hall–Kier alpha value is -2.08. The summed E-state index contributed by atoms with van der Waals surface area (Å²) in [4.78, 5) is 18.3. The first-order chi connectivity index (χ1) is 11.4. The highest BCUT2D eigenvalue weighted by Crippen LogP contribution is 2.11. The predicted octanol–water partition coefficient (Wildman–Crippen LogP) is 2.04. The van der Waals surface area contributed by atoms with Gasteiger partial charge < -0.3 is 20.9 Å². The van der Waals surface area contributed by atoms with E-state index in [4.69, 9.17) is 0 Å². The van der Waals surface area contributed by atoms with Crippen molar-refractivity contribution in [2.45, 2.75) is 39.8 Å². The molecule has 24 heavy (non-hydrogen) atoms. The number of nitrogens with zero attached hydrogens (tertiary/aromatic N) is 2. The molecule has 1 unspecified atom stereocenters. The third-order valence-corrected chi connectivity index (χ3v) is 3.43. The molecule has 0 heterocycles. The van der Waals surface area contributed by atoms with Gasteiger partial charge >= 0.3 is 0 Å². The number of aliphatic imine (C=N–C) groups is 1. The number of rotatable bonds is 8. The van der Waals surface area contributed by atoms with Crippen LogP contribution in [0.5, 0.6) is 0 Å². The molecule has 1 atom stereocenters. The van der Waals surface area contributed by atoms with Gasteiger partial charge in [0, 0.05) is 18.3 Å². The number of likely N-dealkylation sites (N-methyl/N-ethyl adjacent to an activating group) is 1. The highest BCUT2D eigenvalue weighted by atomic mass is 16.2. The highest BCUT2D eigenvalue weighted by molar-refractivity contribution is 5.92. The molecule has 1 amide bonds. The monoisotopic (exact) mass is 333 g/mol. The van der Waals surface area contributed by atoms with Crippen molar-refractivity contribution in [2.24, 2.45) is 4.99 Å². The van der Waals surface area contributed by atoms with Crippen molar-refractivity contribution in [1.82, 2.24) is 15.5 Å². The van der Waals surface area contributed by atoms with E-state index in [1.54, 1.807) is 0 Å². The van der Waals surface area contributed by atoms with Gasteiger partial charge in [-0.1, -0.05) is 19.1 Å². The SMILES string of the molecule is CCNC(=NCc1cccc(NC(=O)CN(C)C)c1)NC(C)CC. The number of nitrogens with one attached hydrogen (secondary N) is 3. The van der Waals surface area contributed by atoms with E-state index < -0.39 is 0 Å². The Morgan fingerprint density at radius 3 is 2.67 bits per heavy atom. The molecule has 0 saturated heterocycles. The lowest BCUT2D eigenvalue weighted by Gasteiger charge is -2.16. The number of hydrogen-bond acceptors (Lipinski definition) is 3. The van der Waals surface area contributed by atoms with Gasteiger partial charge in [-0.15, -0.1) is 0 Å². The molecule has 6 nitrogen and oxygen atoms in total. The topological polar surface area (TPSA) is 68.8 Å². The molecule has 1 aromatic rings. The molecule has 0 aliphatic carbocycles. The van der Waals surface area contributed by atoms with E-state index in [1.807, 2.05) is 43.3 Å². The van der Waals surface area contributed by atoms with Crippen molar-refractivity contribution in [3.63, 3.8) is 0 Å². The van der Waals surface area contributed by atoms with Crippen molar-refractivity contribution in [3.8, 4) is 0 Å². The summed E-state index contributed by atoms with van der Waals surface area (Å²) in [7, 11) is 3.74. The van der Waals surface area contributed by atoms with E-state index in [0.29, 0.717) is 19.1 Å². The molecule has 6 heteroatoms. The van der Waals surface area contributed by atoms with Gasteiger partial charge in [0.2, 0.25) is 5.91 Å². The van der Waals surface area contributed by atoms with Gasteiger partial charge in [0.05, 0.1) is 13.1 Å². The molecule has 0 bridgehead atoms. The average Bonchev–Trinajstić information content (AvgIpc) is 2.52. The van der Waals surface area contributed by atoms with E-state index in [0.717, 1.165) is 30.2 Å². The Labute approximate surface area is 145 Å². The zero-order valence-corrected chi connectivity index (χ0v) is 15.5. The van der Waals surface area contributed by atoms with E-state index >= 15 is 0 Å². The van der Waals surface area contributed by atoms with Crippen molar-refractivity contribution in [1.29, 1.82) is 0 Å². The van der Waals surface area contributed by atoms with Crippen LogP contribution in [0.15, 0.2) is 29.3 Å². The standard InChI is InChI=1S/C18H31N5O/c1-6-14(3)21-18(19-7-2)20-12-15-9-8-10-16(11-15)22-17(24)13-23(4)5/h8-11,14H,6-7,12-13H2,1-5H3,(H,22,24)(H2,19,20,21). The number of hydrogen-bond donors (Lipinski definition) is 3. The van der Waals surface area contributed by atoms with Crippen molar-refractivity contribution >= 4 is 17.6 Å². The van der Waals surface area contributed by atoms with Gasteiger partial charge in [-0.25, -0.2) is 4.99 Å². The Kier molecular flexibility index (Phi) is 8.86. The molecule has 3 N–H and O–H groups in total. The number of amides is 1. The Morgan fingerprint density at radius 1 is 1.29 bits per heavy atom. The molecular formula is C18H31N5O. The summed E-state index contributed by atoms with van der Waals surface area (Å²) < 4.78 is 0. The lowest BCUT2D eigenvalue weighted by molar-refractivity contribution is -0.116. The van der Waals surface area contributed by atoms with Crippen molar-refractivity contribution in [3.05, 3.63) is 29.8 Å². The lowest BCUT2D eigenvalue weighted by Crippen LogP contribution is -2.41. The van der Waals surface area contributed by atoms with E-state index in [1.165, 1.54) is 0 Å². The van der Waals surface area contributed by atoms with Crippen LogP contribution >= 0.6 is 0 Å². The molecule has 0 fully saturated rings. The molecular weight excluding hydrogens is 302 g/mol. The first-order valence-electron chi connectivity index (χ1n) is 8.53. The summed E-state index contributed by atoms with van der Waals surface area (Å²) in [5, 5.41) is 9.53. The maximum atomic E-state index is 11.8. The first kappa shape index (κ1) is 20.0. The molecule has 134 valence electrons. The van der Waals surface area contributed by atoms with Gasteiger partial charge in [0.1, 0.15) is 0 Å². The van der Waals surface area contributed by atoms with Crippen LogP contribution in [-0.4, -0.2) is 50.0 Å². The van der Waals surface area contributed by atoms with Crippen LogP contribution in [0.3, 0.4) is 0 Å². The minimum absolute atomic E-state index is 0.0209. The second-order valence-electron chi connectivity index (χ2n) is 6.14. The van der Waals surface area contributed by atoms with Crippen LogP contribution in [0.1, 0.15) is 32.8 Å². The van der Waals surface area contributed by atoms with Crippen LogP contribution < -0.4 is 16.0 Å². The zero-order chi connectivity index (χ0) is 17.9. The van der Waals surface area contributed by atoms with Gasteiger partial charge in [-0.2, -0.15) is 0 Å². The fourth-order valence-corrected chi connectivity index (χ4v) is 2.06. The smallest absolute Gasteiger partial charge is 0.238 e. The second-order valence-corrected chi connectivity index (χ2v) is 6.14. The number of benzene rings is 1. The fourth-order valence-electron chi connectivity index (χ4n) is 2.06. The maximum Gasteiger partial charge on any atom is 0.238 e. The van der Waals surface area contributed by atoms with Gasteiger partial charge in [-0.05, 0) is 52.1 Å². The quantitative estimate of drug-likeness (QED) is 0.503. The van der Waals surface area contributed by atoms with Crippen LogP contribution in [0, 0.1) is 0 Å². The number of anilines is 1. The van der Waals surface area contributed by atoms with Crippen LogP contribution in [-0.2, 0) is 11.3 Å². The Bertz CT molecular complexity index is 542. The van der Waals surface area contributed by atoms with E-state index in [2.05, 4.69) is 41.7 Å².